The van der Waals surface area contributed by atoms with E-state index < -0.39 is 6.36 Å². The highest BCUT2D eigenvalue weighted by Gasteiger charge is 2.31. The lowest BCUT2D eigenvalue weighted by Gasteiger charge is -2.16. The van der Waals surface area contributed by atoms with Gasteiger partial charge in [0.05, 0.1) is 27.8 Å². The van der Waals surface area contributed by atoms with Gasteiger partial charge in [0.2, 0.25) is 11.9 Å². The number of benzene rings is 2. The molecule has 38 heavy (non-hydrogen) atoms. The maximum Gasteiger partial charge on any atom is 0.573 e. The summed E-state index contributed by atoms with van der Waals surface area (Å²) in [6, 6.07) is 9.24. The van der Waals surface area contributed by atoms with Gasteiger partial charge in [-0.25, -0.2) is 9.97 Å². The zero-order valence-corrected chi connectivity index (χ0v) is 21.2. The Balaban J connectivity index is 1.27. The van der Waals surface area contributed by atoms with Gasteiger partial charge in [-0.3, -0.25) is 9.59 Å². The molecule has 0 unspecified atom stereocenters. The summed E-state index contributed by atoms with van der Waals surface area (Å²) in [5.74, 6) is -0.396. The molecule has 1 aliphatic rings. The molecule has 5 rings (SSSR count). The van der Waals surface area contributed by atoms with Crippen molar-refractivity contribution in [3.05, 3.63) is 42.0 Å². The predicted molar refractivity (Wildman–Crippen MR) is 137 cm³/mol. The van der Waals surface area contributed by atoms with Crippen LogP contribution in [0.2, 0.25) is 0 Å². The number of hydrogen-bond donors (Lipinski definition) is 3. The molecule has 3 heterocycles. The molecule has 0 spiro atoms. The summed E-state index contributed by atoms with van der Waals surface area (Å²) in [6.45, 7) is 1.20. The zero-order valence-electron chi connectivity index (χ0n) is 20.4. The molecule has 0 saturated carbocycles. The van der Waals surface area contributed by atoms with E-state index in [1.165, 1.54) is 18.2 Å². The van der Waals surface area contributed by atoms with Gasteiger partial charge < -0.3 is 30.2 Å². The fourth-order valence-corrected chi connectivity index (χ4v) is 5.18. The van der Waals surface area contributed by atoms with E-state index in [-0.39, 0.29) is 30.2 Å². The molecule has 1 saturated heterocycles. The maximum atomic E-state index is 12.7. The van der Waals surface area contributed by atoms with Gasteiger partial charge in [0.1, 0.15) is 5.75 Å². The van der Waals surface area contributed by atoms with Gasteiger partial charge in [-0.1, -0.05) is 11.3 Å². The van der Waals surface area contributed by atoms with Crippen LogP contribution in [0.4, 0.5) is 24.3 Å². The van der Waals surface area contributed by atoms with E-state index >= 15 is 0 Å². The molecule has 1 fully saturated rings. The molecule has 0 aliphatic carbocycles. The lowest BCUT2D eigenvalue weighted by atomic mass is 10.2. The molecule has 1 atom stereocenters. The highest BCUT2D eigenvalue weighted by atomic mass is 32.1. The van der Waals surface area contributed by atoms with E-state index in [2.05, 4.69) is 30.7 Å². The Bertz CT molecular complexity index is 1520. The molecule has 2 aromatic heterocycles. The molecule has 10 nitrogen and oxygen atoms in total. The van der Waals surface area contributed by atoms with E-state index in [4.69, 9.17) is 0 Å². The normalized spacial score (nSPS) is 15.8. The van der Waals surface area contributed by atoms with E-state index in [0.29, 0.717) is 45.5 Å². The first-order valence-corrected chi connectivity index (χ1v) is 12.5. The van der Waals surface area contributed by atoms with Gasteiger partial charge in [-0.05, 0) is 43.8 Å². The van der Waals surface area contributed by atoms with E-state index in [9.17, 15) is 22.8 Å². The Hall–Kier alpha value is -3.91. The molecule has 1 aliphatic heterocycles. The minimum Gasteiger partial charge on any atom is -0.406 e. The van der Waals surface area contributed by atoms with Crippen LogP contribution in [0.15, 0.2) is 36.4 Å². The van der Waals surface area contributed by atoms with Crippen molar-refractivity contribution in [3.8, 4) is 5.75 Å². The van der Waals surface area contributed by atoms with E-state index in [0.717, 1.165) is 23.3 Å². The standard InChI is InChI=1S/C24H24F3N7O3S/c1-28-14-7-8-34(12-14)20(35)11-29-21(36)13-3-6-18-17(9-13)30-22(33(18)2)32-23-31-16-5-4-15(10-19(16)38-23)37-24(25,26)27/h3-6,9-10,14,28H,7-8,11-12H2,1-2H3,(H,29,36)(H,30,31,32)/t14-/m1/s1. The molecule has 200 valence electrons. The first-order chi connectivity index (χ1) is 18.1. The number of alkyl halides is 3. The molecule has 3 N–H and O–H groups in total. The summed E-state index contributed by atoms with van der Waals surface area (Å²) >= 11 is 1.15. The minimum absolute atomic E-state index is 0.0876. The summed E-state index contributed by atoms with van der Waals surface area (Å²) in [5.41, 5.74) is 2.17. The number of hydrogen-bond acceptors (Lipinski definition) is 8. The Morgan fingerprint density at radius 2 is 1.97 bits per heavy atom. The van der Waals surface area contributed by atoms with Crippen molar-refractivity contribution in [3.63, 3.8) is 0 Å². The number of halogens is 3. The Morgan fingerprint density at radius 1 is 1.16 bits per heavy atom. The van der Waals surface area contributed by atoms with Crippen molar-refractivity contribution >= 4 is 55.5 Å². The van der Waals surface area contributed by atoms with E-state index in [1.807, 2.05) is 7.05 Å². The van der Waals surface area contributed by atoms with Crippen molar-refractivity contribution in [1.29, 1.82) is 0 Å². The number of anilines is 2. The molecule has 2 aromatic carbocycles. The minimum atomic E-state index is -4.78. The van der Waals surface area contributed by atoms with Gasteiger partial charge in [-0.2, -0.15) is 0 Å². The summed E-state index contributed by atoms with van der Waals surface area (Å²) in [6.07, 6.45) is -3.89. The van der Waals surface area contributed by atoms with Crippen molar-refractivity contribution in [2.75, 3.05) is 32.0 Å². The Morgan fingerprint density at radius 3 is 2.71 bits per heavy atom. The highest BCUT2D eigenvalue weighted by molar-refractivity contribution is 7.22. The quantitative estimate of drug-likeness (QED) is 0.325. The number of rotatable bonds is 7. The third kappa shape index (κ3) is 5.50. The van der Waals surface area contributed by atoms with Crippen LogP contribution in [0.1, 0.15) is 16.8 Å². The van der Waals surface area contributed by atoms with Crippen LogP contribution in [0.5, 0.6) is 5.75 Å². The van der Waals surface area contributed by atoms with Crippen molar-refractivity contribution < 1.29 is 27.5 Å². The summed E-state index contributed by atoms with van der Waals surface area (Å²) in [5, 5.41) is 9.35. The first-order valence-electron chi connectivity index (χ1n) is 11.7. The van der Waals surface area contributed by atoms with Crippen LogP contribution in [0.25, 0.3) is 21.3 Å². The number of likely N-dealkylation sites (N-methyl/N-ethyl adjacent to an activating group) is 1. The zero-order chi connectivity index (χ0) is 27.0. The number of thiazole rings is 1. The highest BCUT2D eigenvalue weighted by Crippen LogP contribution is 2.33. The first kappa shape index (κ1) is 25.7. The Kier molecular flexibility index (Phi) is 6.84. The number of fused-ring (bicyclic) bond motifs is 2. The lowest BCUT2D eigenvalue weighted by molar-refractivity contribution is -0.274. The van der Waals surface area contributed by atoms with Gasteiger partial charge >= 0.3 is 6.36 Å². The summed E-state index contributed by atoms with van der Waals surface area (Å²) in [7, 11) is 3.65. The molecule has 14 heteroatoms. The SMILES string of the molecule is CN[C@@H]1CCN(C(=O)CNC(=O)c2ccc3c(c2)nc(Nc2nc4ccc(OC(F)(F)F)cc4s2)n3C)C1. The molecule has 4 aromatic rings. The van der Waals surface area contributed by atoms with Crippen molar-refractivity contribution in [1.82, 2.24) is 30.1 Å². The molecular formula is C24H24F3N7O3S. The van der Waals surface area contributed by atoms with Crippen LogP contribution in [0.3, 0.4) is 0 Å². The maximum absolute atomic E-state index is 12.7. The van der Waals surface area contributed by atoms with Crippen LogP contribution >= 0.6 is 11.3 Å². The van der Waals surface area contributed by atoms with Crippen molar-refractivity contribution in [2.45, 2.75) is 18.8 Å². The van der Waals surface area contributed by atoms with Gasteiger partial charge in [0, 0.05) is 37.8 Å². The number of nitrogens with one attached hydrogen (secondary N) is 3. The van der Waals surface area contributed by atoms with Crippen LogP contribution in [-0.2, 0) is 11.8 Å². The average molecular weight is 548 g/mol. The van der Waals surface area contributed by atoms with Crippen LogP contribution in [-0.4, -0.2) is 70.3 Å². The molecule has 2 amide bonds. The van der Waals surface area contributed by atoms with Crippen LogP contribution < -0.4 is 20.7 Å². The molecule has 0 bridgehead atoms. The fourth-order valence-electron chi connectivity index (χ4n) is 4.30. The summed E-state index contributed by atoms with van der Waals surface area (Å²) in [4.78, 5) is 35.8. The number of nitrogens with zero attached hydrogens (tertiary/aromatic N) is 4. The second-order valence-corrected chi connectivity index (χ2v) is 9.85. The second-order valence-electron chi connectivity index (χ2n) is 8.82. The number of ether oxygens (including phenoxy) is 1. The fraction of sp³-hybridized carbons (Fsp3) is 0.333. The smallest absolute Gasteiger partial charge is 0.406 e. The van der Waals surface area contributed by atoms with Crippen molar-refractivity contribution in [2.24, 2.45) is 7.05 Å². The molecular weight excluding hydrogens is 523 g/mol. The summed E-state index contributed by atoms with van der Waals surface area (Å²) < 4.78 is 43.8. The third-order valence-corrected chi connectivity index (χ3v) is 7.24. The van der Waals surface area contributed by atoms with Gasteiger partial charge in [0.15, 0.2) is 5.13 Å². The number of amides is 2. The number of carbonyl (C=O) groups excluding carboxylic acids is 2. The number of aromatic nitrogens is 3. The number of likely N-dealkylation sites (tertiary alicyclic amines) is 1. The largest absolute Gasteiger partial charge is 0.573 e. The molecule has 0 radical (unpaired) electrons. The Labute approximate surface area is 218 Å². The topological polar surface area (TPSA) is 113 Å². The third-order valence-electron chi connectivity index (χ3n) is 6.30. The van der Waals surface area contributed by atoms with Gasteiger partial charge in [-0.15, -0.1) is 13.2 Å². The number of imidazole rings is 1. The average Bonchev–Trinajstić information content (AvgIpc) is 3.58. The second kappa shape index (κ2) is 10.1. The monoisotopic (exact) mass is 547 g/mol. The lowest BCUT2D eigenvalue weighted by Crippen LogP contribution is -2.40. The van der Waals surface area contributed by atoms with Crippen LogP contribution in [0, 0.1) is 0 Å². The van der Waals surface area contributed by atoms with Gasteiger partial charge in [0.25, 0.3) is 5.91 Å². The number of carbonyl (C=O) groups is 2. The predicted octanol–water partition coefficient (Wildman–Crippen LogP) is 3.38. The number of aryl methyl sites for hydroxylation is 1. The van der Waals surface area contributed by atoms with E-state index in [1.54, 1.807) is 34.7 Å².